The lowest BCUT2D eigenvalue weighted by molar-refractivity contribution is 0.238. The smallest absolute Gasteiger partial charge is 0.0535 e. The van der Waals surface area contributed by atoms with Crippen molar-refractivity contribution in [3.05, 3.63) is 53.3 Å². The summed E-state index contributed by atoms with van der Waals surface area (Å²) in [6, 6.07) is 11.3. The maximum absolute atomic E-state index is 4.08. The van der Waals surface area contributed by atoms with Crippen molar-refractivity contribution in [3.63, 3.8) is 0 Å². The minimum atomic E-state index is 0.473. The Morgan fingerprint density at radius 2 is 2.00 bits per heavy atom. The summed E-state index contributed by atoms with van der Waals surface area (Å²) in [6.45, 7) is 6.35. The summed E-state index contributed by atoms with van der Waals surface area (Å²) < 4.78 is 0. The van der Waals surface area contributed by atoms with Crippen molar-refractivity contribution in [3.8, 4) is 0 Å². The standard InChI is InChI=1S/C17H24N4/c1-14-16(12-19-20-14)11-18-13-17(21-9-5-6-10-21)15-7-3-2-4-8-15/h2-4,7-8,12,17-18H,5-6,9-11,13H2,1H3,(H,19,20). The van der Waals surface area contributed by atoms with Crippen molar-refractivity contribution in [1.82, 2.24) is 20.4 Å². The van der Waals surface area contributed by atoms with Crippen LogP contribution in [-0.4, -0.2) is 34.7 Å². The van der Waals surface area contributed by atoms with Crippen LogP contribution < -0.4 is 5.32 Å². The molecule has 3 rings (SSSR count). The molecule has 1 atom stereocenters. The van der Waals surface area contributed by atoms with Gasteiger partial charge in [-0.05, 0) is 38.4 Å². The highest BCUT2D eigenvalue weighted by atomic mass is 15.2. The highest BCUT2D eigenvalue weighted by Crippen LogP contribution is 2.24. The van der Waals surface area contributed by atoms with Crippen molar-refractivity contribution >= 4 is 0 Å². The number of likely N-dealkylation sites (tertiary alicyclic amines) is 1. The van der Waals surface area contributed by atoms with Gasteiger partial charge in [-0.2, -0.15) is 5.10 Å². The molecule has 0 aliphatic carbocycles. The van der Waals surface area contributed by atoms with Crippen molar-refractivity contribution in [1.29, 1.82) is 0 Å². The zero-order chi connectivity index (χ0) is 14.5. The van der Waals surface area contributed by atoms with Gasteiger partial charge in [0.1, 0.15) is 0 Å². The average Bonchev–Trinajstić information content (AvgIpc) is 3.17. The zero-order valence-electron chi connectivity index (χ0n) is 12.7. The first-order valence-corrected chi connectivity index (χ1v) is 7.83. The number of nitrogens with one attached hydrogen (secondary N) is 2. The largest absolute Gasteiger partial charge is 0.311 e. The van der Waals surface area contributed by atoms with Crippen LogP contribution in [0.15, 0.2) is 36.5 Å². The Hall–Kier alpha value is -1.65. The van der Waals surface area contributed by atoms with E-state index in [0.29, 0.717) is 6.04 Å². The van der Waals surface area contributed by atoms with Crippen LogP contribution in [0.1, 0.15) is 35.7 Å². The molecule has 1 aliphatic rings. The predicted molar refractivity (Wildman–Crippen MR) is 85.0 cm³/mol. The van der Waals surface area contributed by atoms with E-state index in [1.807, 2.05) is 6.20 Å². The highest BCUT2D eigenvalue weighted by Gasteiger charge is 2.22. The molecule has 0 spiro atoms. The molecule has 2 aromatic rings. The normalized spacial score (nSPS) is 17.2. The van der Waals surface area contributed by atoms with Gasteiger partial charge < -0.3 is 5.32 Å². The molecule has 4 heteroatoms. The molecule has 21 heavy (non-hydrogen) atoms. The van der Waals surface area contributed by atoms with Crippen LogP contribution in [0.2, 0.25) is 0 Å². The Kier molecular flexibility index (Phi) is 4.68. The number of hydrogen-bond acceptors (Lipinski definition) is 3. The fourth-order valence-corrected chi connectivity index (χ4v) is 3.08. The van der Waals surface area contributed by atoms with Crippen LogP contribution in [0.25, 0.3) is 0 Å². The third-order valence-corrected chi connectivity index (χ3v) is 4.35. The summed E-state index contributed by atoms with van der Waals surface area (Å²) in [5.41, 5.74) is 3.82. The fraction of sp³-hybridized carbons (Fsp3) is 0.471. The van der Waals surface area contributed by atoms with E-state index in [0.717, 1.165) is 18.8 Å². The summed E-state index contributed by atoms with van der Waals surface area (Å²) in [4.78, 5) is 2.60. The van der Waals surface area contributed by atoms with Crippen molar-refractivity contribution < 1.29 is 0 Å². The molecule has 2 heterocycles. The number of aromatic amines is 1. The van der Waals surface area contributed by atoms with Gasteiger partial charge in [0.15, 0.2) is 0 Å². The van der Waals surface area contributed by atoms with E-state index in [1.54, 1.807) is 0 Å². The lowest BCUT2D eigenvalue weighted by Gasteiger charge is -2.28. The third-order valence-electron chi connectivity index (χ3n) is 4.35. The first-order chi connectivity index (χ1) is 10.3. The van der Waals surface area contributed by atoms with Gasteiger partial charge in [-0.25, -0.2) is 0 Å². The molecule has 1 saturated heterocycles. The molecule has 0 amide bonds. The van der Waals surface area contributed by atoms with E-state index < -0.39 is 0 Å². The Morgan fingerprint density at radius 1 is 1.24 bits per heavy atom. The van der Waals surface area contributed by atoms with Gasteiger partial charge in [-0.3, -0.25) is 10.00 Å². The average molecular weight is 284 g/mol. The number of aromatic nitrogens is 2. The van der Waals surface area contributed by atoms with E-state index >= 15 is 0 Å². The Morgan fingerprint density at radius 3 is 2.67 bits per heavy atom. The van der Waals surface area contributed by atoms with Gasteiger partial charge in [0.2, 0.25) is 0 Å². The first-order valence-electron chi connectivity index (χ1n) is 7.83. The van der Waals surface area contributed by atoms with Crippen LogP contribution in [0.3, 0.4) is 0 Å². The van der Waals surface area contributed by atoms with Crippen LogP contribution in [-0.2, 0) is 6.54 Å². The molecule has 1 aliphatic heterocycles. The molecule has 1 fully saturated rings. The highest BCUT2D eigenvalue weighted by molar-refractivity contribution is 5.20. The van der Waals surface area contributed by atoms with Crippen LogP contribution in [0, 0.1) is 6.92 Å². The summed E-state index contributed by atoms with van der Waals surface area (Å²) in [6.07, 6.45) is 4.56. The van der Waals surface area contributed by atoms with Crippen molar-refractivity contribution in [2.24, 2.45) is 0 Å². The maximum atomic E-state index is 4.08. The second kappa shape index (κ2) is 6.87. The number of nitrogens with zero attached hydrogens (tertiary/aromatic N) is 2. The molecule has 2 N–H and O–H groups in total. The summed E-state index contributed by atoms with van der Waals surface area (Å²) in [7, 11) is 0. The van der Waals surface area contributed by atoms with Gasteiger partial charge in [0.25, 0.3) is 0 Å². The Balaban J connectivity index is 1.63. The lowest BCUT2D eigenvalue weighted by atomic mass is 10.1. The Labute approximate surface area is 126 Å². The molecular formula is C17H24N4. The third kappa shape index (κ3) is 3.52. The zero-order valence-corrected chi connectivity index (χ0v) is 12.7. The monoisotopic (exact) mass is 284 g/mol. The second-order valence-corrected chi connectivity index (χ2v) is 5.82. The number of benzene rings is 1. The summed E-state index contributed by atoms with van der Waals surface area (Å²) in [5.74, 6) is 0. The van der Waals surface area contributed by atoms with Crippen LogP contribution in [0.4, 0.5) is 0 Å². The predicted octanol–water partition coefficient (Wildman–Crippen LogP) is 2.64. The van der Waals surface area contributed by atoms with Gasteiger partial charge in [0.05, 0.1) is 6.20 Å². The number of aryl methyl sites for hydroxylation is 1. The van der Waals surface area contributed by atoms with Gasteiger partial charge in [0, 0.05) is 30.4 Å². The minimum Gasteiger partial charge on any atom is -0.311 e. The van der Waals surface area contributed by atoms with E-state index in [9.17, 15) is 0 Å². The summed E-state index contributed by atoms with van der Waals surface area (Å²) >= 11 is 0. The van der Waals surface area contributed by atoms with Crippen LogP contribution >= 0.6 is 0 Å². The molecule has 1 aromatic carbocycles. The first kappa shape index (κ1) is 14.3. The molecule has 1 aromatic heterocycles. The van der Waals surface area contributed by atoms with E-state index in [-0.39, 0.29) is 0 Å². The number of hydrogen-bond donors (Lipinski definition) is 2. The van der Waals surface area contributed by atoms with Gasteiger partial charge in [-0.1, -0.05) is 30.3 Å². The van der Waals surface area contributed by atoms with E-state index in [1.165, 1.54) is 37.1 Å². The minimum absolute atomic E-state index is 0.473. The molecular weight excluding hydrogens is 260 g/mol. The SMILES string of the molecule is Cc1[nH]ncc1CNCC(c1ccccc1)N1CCCC1. The molecule has 4 nitrogen and oxygen atoms in total. The fourth-order valence-electron chi connectivity index (χ4n) is 3.08. The topological polar surface area (TPSA) is 44.0 Å². The molecule has 1 unspecified atom stereocenters. The maximum Gasteiger partial charge on any atom is 0.0535 e. The van der Waals surface area contributed by atoms with Gasteiger partial charge >= 0.3 is 0 Å². The number of H-pyrrole nitrogens is 1. The van der Waals surface area contributed by atoms with Gasteiger partial charge in [-0.15, -0.1) is 0 Å². The quantitative estimate of drug-likeness (QED) is 0.857. The molecule has 112 valence electrons. The molecule has 0 bridgehead atoms. The molecule has 0 saturated carbocycles. The second-order valence-electron chi connectivity index (χ2n) is 5.82. The van der Waals surface area contributed by atoms with E-state index in [2.05, 4.69) is 57.7 Å². The lowest BCUT2D eigenvalue weighted by Crippen LogP contribution is -2.34. The summed E-state index contributed by atoms with van der Waals surface area (Å²) in [5, 5.41) is 10.7. The van der Waals surface area contributed by atoms with Crippen molar-refractivity contribution in [2.45, 2.75) is 32.4 Å². The number of rotatable bonds is 6. The van der Waals surface area contributed by atoms with Crippen LogP contribution in [0.5, 0.6) is 0 Å². The Bertz CT molecular complexity index is 543. The van der Waals surface area contributed by atoms with E-state index in [4.69, 9.17) is 0 Å². The van der Waals surface area contributed by atoms with Crippen molar-refractivity contribution in [2.75, 3.05) is 19.6 Å². The molecule has 0 radical (unpaired) electrons.